The largest absolute Gasteiger partial charge is 0.416 e. The molecule has 2 aromatic heterocycles. The Balaban J connectivity index is 1.30. The minimum absolute atomic E-state index is 0.340. The van der Waals surface area contributed by atoms with Gasteiger partial charge in [0.05, 0.1) is 11.1 Å². The first kappa shape index (κ1) is 19.7. The fourth-order valence-electron chi connectivity index (χ4n) is 3.31. The molecule has 0 radical (unpaired) electrons. The predicted molar refractivity (Wildman–Crippen MR) is 113 cm³/mol. The lowest BCUT2D eigenvalue weighted by atomic mass is 10.1. The molecule has 2 aromatic carbocycles. The number of nitrogens with zero attached hydrogens (tertiary/aromatic N) is 1. The molecular weight excluding hydrogens is 395 g/mol. The smallest absolute Gasteiger partial charge is 0.384 e. The second-order valence-electron chi connectivity index (χ2n) is 6.80. The summed E-state index contributed by atoms with van der Waals surface area (Å²) < 4.78 is 39.9. The number of hydrogen-bond donors (Lipinski definition) is 2. The van der Waals surface area contributed by atoms with E-state index in [0.29, 0.717) is 10.9 Å². The highest BCUT2D eigenvalue weighted by molar-refractivity contribution is 7.17. The van der Waals surface area contributed by atoms with Crippen molar-refractivity contribution in [1.29, 1.82) is 0 Å². The molecule has 0 saturated carbocycles. The average Bonchev–Trinajstić information content (AvgIpc) is 3.13. The summed E-state index contributed by atoms with van der Waals surface area (Å²) in [6.45, 7) is 2.39. The van der Waals surface area contributed by atoms with Gasteiger partial charge in [0.1, 0.15) is 0 Å². The standard InChI is InChI=1S/C22H20F3N3S/c23-22(24,25)16-6-7-18-19(8-11-28-20(18)12-16)27-10-3-9-26-13-15-14-29-21-5-2-1-4-17(15)21/h1-2,4-8,11-12,14,26H,3,9-10,13H2,(H,27,28). The van der Waals surface area contributed by atoms with Crippen LogP contribution in [-0.2, 0) is 12.7 Å². The van der Waals surface area contributed by atoms with Crippen molar-refractivity contribution >= 4 is 38.0 Å². The fraction of sp³-hybridized carbons (Fsp3) is 0.227. The van der Waals surface area contributed by atoms with Gasteiger partial charge in [0.2, 0.25) is 0 Å². The normalized spacial score (nSPS) is 12.0. The topological polar surface area (TPSA) is 37.0 Å². The lowest BCUT2D eigenvalue weighted by Gasteiger charge is -2.12. The van der Waals surface area contributed by atoms with Gasteiger partial charge in [-0.05, 0) is 53.6 Å². The minimum atomic E-state index is -4.36. The molecule has 7 heteroatoms. The lowest BCUT2D eigenvalue weighted by Crippen LogP contribution is -2.17. The summed E-state index contributed by atoms with van der Waals surface area (Å²) in [6, 6.07) is 13.8. The van der Waals surface area contributed by atoms with Gasteiger partial charge in [-0.3, -0.25) is 4.98 Å². The zero-order valence-corrected chi connectivity index (χ0v) is 16.4. The number of nitrogens with one attached hydrogen (secondary N) is 2. The number of thiophene rings is 1. The first-order chi connectivity index (χ1) is 14.0. The average molecular weight is 415 g/mol. The van der Waals surface area contributed by atoms with E-state index in [0.717, 1.165) is 43.9 Å². The maximum atomic E-state index is 12.9. The molecule has 4 rings (SSSR count). The maximum Gasteiger partial charge on any atom is 0.416 e. The fourth-order valence-corrected chi connectivity index (χ4v) is 4.27. The Hall–Kier alpha value is -2.64. The number of hydrogen-bond acceptors (Lipinski definition) is 4. The molecule has 2 heterocycles. The van der Waals surface area contributed by atoms with E-state index in [9.17, 15) is 13.2 Å². The highest BCUT2D eigenvalue weighted by Gasteiger charge is 2.30. The van der Waals surface area contributed by atoms with Gasteiger partial charge in [0.25, 0.3) is 0 Å². The van der Waals surface area contributed by atoms with Crippen LogP contribution < -0.4 is 10.6 Å². The second kappa shape index (κ2) is 8.39. The highest BCUT2D eigenvalue weighted by atomic mass is 32.1. The van der Waals surface area contributed by atoms with E-state index < -0.39 is 11.7 Å². The van der Waals surface area contributed by atoms with E-state index in [1.54, 1.807) is 17.4 Å². The van der Waals surface area contributed by atoms with E-state index in [-0.39, 0.29) is 0 Å². The number of rotatable bonds is 7. The molecule has 150 valence electrons. The first-order valence-corrected chi connectivity index (χ1v) is 10.3. The molecular formula is C22H20F3N3S. The molecule has 3 nitrogen and oxygen atoms in total. The summed E-state index contributed by atoms with van der Waals surface area (Å²) in [6.07, 6.45) is -1.93. The Kier molecular flexibility index (Phi) is 5.69. The number of aromatic nitrogens is 1. The molecule has 0 fully saturated rings. The number of anilines is 1. The monoisotopic (exact) mass is 415 g/mol. The number of benzene rings is 2. The lowest BCUT2D eigenvalue weighted by molar-refractivity contribution is -0.137. The molecule has 4 aromatic rings. The van der Waals surface area contributed by atoms with Crippen molar-refractivity contribution in [3.05, 3.63) is 71.2 Å². The number of fused-ring (bicyclic) bond motifs is 2. The van der Waals surface area contributed by atoms with Crippen molar-refractivity contribution in [1.82, 2.24) is 10.3 Å². The van der Waals surface area contributed by atoms with Crippen molar-refractivity contribution < 1.29 is 13.2 Å². The van der Waals surface area contributed by atoms with Gasteiger partial charge in [-0.25, -0.2) is 0 Å². The Labute approximate surface area is 170 Å². The third-order valence-corrected chi connectivity index (χ3v) is 5.80. The Morgan fingerprint density at radius 2 is 1.83 bits per heavy atom. The summed E-state index contributed by atoms with van der Waals surface area (Å²) in [5.74, 6) is 0. The maximum absolute atomic E-state index is 12.9. The van der Waals surface area contributed by atoms with Crippen molar-refractivity contribution in [3.63, 3.8) is 0 Å². The minimum Gasteiger partial charge on any atom is -0.384 e. The third-order valence-electron chi connectivity index (χ3n) is 4.79. The quantitative estimate of drug-likeness (QED) is 0.360. The van der Waals surface area contributed by atoms with Crippen LogP contribution in [0, 0.1) is 0 Å². The van der Waals surface area contributed by atoms with Crippen LogP contribution >= 0.6 is 11.3 Å². The van der Waals surface area contributed by atoms with E-state index in [4.69, 9.17) is 0 Å². The van der Waals surface area contributed by atoms with E-state index in [1.807, 2.05) is 0 Å². The zero-order valence-electron chi connectivity index (χ0n) is 15.6. The van der Waals surface area contributed by atoms with E-state index in [1.165, 1.54) is 27.9 Å². The summed E-state index contributed by atoms with van der Waals surface area (Å²) in [4.78, 5) is 4.08. The van der Waals surface area contributed by atoms with Gasteiger partial charge < -0.3 is 10.6 Å². The van der Waals surface area contributed by atoms with Crippen molar-refractivity contribution in [3.8, 4) is 0 Å². The van der Waals surface area contributed by atoms with Crippen LogP contribution in [0.1, 0.15) is 17.5 Å². The van der Waals surface area contributed by atoms with Gasteiger partial charge in [-0.15, -0.1) is 11.3 Å². The molecule has 29 heavy (non-hydrogen) atoms. The Bertz CT molecular complexity index is 1120. The summed E-state index contributed by atoms with van der Waals surface area (Å²) in [5, 5.41) is 10.9. The number of halogens is 3. The molecule has 0 bridgehead atoms. The molecule has 0 amide bonds. The summed E-state index contributed by atoms with van der Waals surface area (Å²) in [7, 11) is 0. The second-order valence-corrected chi connectivity index (χ2v) is 7.71. The van der Waals surface area contributed by atoms with Gasteiger partial charge >= 0.3 is 6.18 Å². The van der Waals surface area contributed by atoms with Gasteiger partial charge in [-0.1, -0.05) is 24.3 Å². The van der Waals surface area contributed by atoms with E-state index in [2.05, 4.69) is 45.3 Å². The van der Waals surface area contributed by atoms with Gasteiger partial charge in [-0.2, -0.15) is 13.2 Å². The van der Waals surface area contributed by atoms with Crippen molar-refractivity contribution in [2.75, 3.05) is 18.4 Å². The van der Waals surface area contributed by atoms with Gasteiger partial charge in [0, 0.05) is 35.1 Å². The molecule has 0 unspecified atom stereocenters. The third kappa shape index (κ3) is 4.52. The van der Waals surface area contributed by atoms with Crippen LogP contribution in [0.25, 0.3) is 21.0 Å². The Morgan fingerprint density at radius 3 is 2.69 bits per heavy atom. The highest BCUT2D eigenvalue weighted by Crippen LogP contribution is 2.32. The zero-order chi connectivity index (χ0) is 20.3. The number of pyridine rings is 1. The van der Waals surface area contributed by atoms with Crippen LogP contribution in [0.15, 0.2) is 60.1 Å². The molecule has 0 atom stereocenters. The van der Waals surface area contributed by atoms with Crippen LogP contribution in [0.3, 0.4) is 0 Å². The summed E-state index contributed by atoms with van der Waals surface area (Å²) >= 11 is 1.75. The predicted octanol–water partition coefficient (Wildman–Crippen LogP) is 6.06. The van der Waals surface area contributed by atoms with Crippen LogP contribution in [0.4, 0.5) is 18.9 Å². The molecule has 0 aliphatic heterocycles. The van der Waals surface area contributed by atoms with Gasteiger partial charge in [0.15, 0.2) is 0 Å². The molecule has 0 spiro atoms. The van der Waals surface area contributed by atoms with Crippen LogP contribution in [-0.4, -0.2) is 18.1 Å². The molecule has 0 aliphatic carbocycles. The summed E-state index contributed by atoms with van der Waals surface area (Å²) in [5.41, 5.74) is 1.76. The number of alkyl halides is 3. The molecule has 0 aliphatic rings. The molecule has 0 saturated heterocycles. The SMILES string of the molecule is FC(F)(F)c1ccc2c(NCCCNCc3csc4ccccc34)ccnc2c1. The van der Waals surface area contributed by atoms with Crippen molar-refractivity contribution in [2.45, 2.75) is 19.1 Å². The first-order valence-electron chi connectivity index (χ1n) is 9.38. The van der Waals surface area contributed by atoms with Crippen molar-refractivity contribution in [2.24, 2.45) is 0 Å². The Morgan fingerprint density at radius 1 is 0.966 bits per heavy atom. The van der Waals surface area contributed by atoms with Crippen LogP contribution in [0.2, 0.25) is 0 Å². The molecule has 2 N–H and O–H groups in total. The van der Waals surface area contributed by atoms with Crippen LogP contribution in [0.5, 0.6) is 0 Å². The van der Waals surface area contributed by atoms with E-state index >= 15 is 0 Å².